The van der Waals surface area contributed by atoms with Crippen LogP contribution < -0.4 is 10.1 Å². The number of hydrogen-bond donors (Lipinski definition) is 1. The van der Waals surface area contributed by atoms with Gasteiger partial charge in [0, 0.05) is 32.0 Å². The Morgan fingerprint density at radius 3 is 3.09 bits per heavy atom. The summed E-state index contributed by atoms with van der Waals surface area (Å²) in [7, 11) is 1.92. The van der Waals surface area contributed by atoms with Crippen LogP contribution in [0.5, 0.6) is 5.75 Å². The molecular weight excluding hydrogens is 278 g/mol. The summed E-state index contributed by atoms with van der Waals surface area (Å²) in [6.45, 7) is 4.27. The number of rotatable bonds is 6. The summed E-state index contributed by atoms with van der Waals surface area (Å²) in [6, 6.07) is 6.22. The standard InChI is InChI=1S/C17H23N3O2/c1-13-5-6-16(18-9-14-10-19-20(2)11-14)17(8-13)22-12-15-4-3-7-21-15/h5-6,8,10-11,15,18H,3-4,7,9,12H2,1-2H3/t15-/m0/s1. The molecule has 1 aliphatic heterocycles. The Kier molecular flexibility index (Phi) is 4.63. The van der Waals surface area contributed by atoms with Gasteiger partial charge in [0.1, 0.15) is 12.4 Å². The van der Waals surface area contributed by atoms with Gasteiger partial charge in [-0.3, -0.25) is 4.68 Å². The summed E-state index contributed by atoms with van der Waals surface area (Å²) >= 11 is 0. The molecule has 22 heavy (non-hydrogen) atoms. The third-order valence-electron chi connectivity index (χ3n) is 3.83. The van der Waals surface area contributed by atoms with Crippen molar-refractivity contribution < 1.29 is 9.47 Å². The van der Waals surface area contributed by atoms with E-state index in [-0.39, 0.29) is 6.10 Å². The fourth-order valence-corrected chi connectivity index (χ4v) is 2.61. The Balaban J connectivity index is 1.64. The van der Waals surface area contributed by atoms with Gasteiger partial charge in [-0.1, -0.05) is 6.07 Å². The van der Waals surface area contributed by atoms with E-state index in [2.05, 4.69) is 35.5 Å². The molecule has 0 bridgehead atoms. The first-order chi connectivity index (χ1) is 10.7. The second kappa shape index (κ2) is 6.83. The van der Waals surface area contributed by atoms with Crippen LogP contribution in [-0.4, -0.2) is 29.1 Å². The molecule has 0 aliphatic carbocycles. The van der Waals surface area contributed by atoms with E-state index in [1.165, 1.54) is 5.56 Å². The Morgan fingerprint density at radius 2 is 2.36 bits per heavy atom. The van der Waals surface area contributed by atoms with Crippen LogP contribution in [0.4, 0.5) is 5.69 Å². The van der Waals surface area contributed by atoms with Gasteiger partial charge in [0.2, 0.25) is 0 Å². The molecule has 0 spiro atoms. The molecule has 5 heteroatoms. The van der Waals surface area contributed by atoms with Gasteiger partial charge in [-0.15, -0.1) is 0 Å². The number of anilines is 1. The molecule has 1 atom stereocenters. The van der Waals surface area contributed by atoms with Crippen LogP contribution in [0.3, 0.4) is 0 Å². The number of nitrogens with zero attached hydrogens (tertiary/aromatic N) is 2. The molecule has 0 unspecified atom stereocenters. The molecular formula is C17H23N3O2. The molecule has 2 aromatic rings. The van der Waals surface area contributed by atoms with Crippen molar-refractivity contribution >= 4 is 5.69 Å². The van der Waals surface area contributed by atoms with E-state index in [1.54, 1.807) is 4.68 Å². The average Bonchev–Trinajstić information content (AvgIpc) is 3.15. The van der Waals surface area contributed by atoms with Gasteiger partial charge in [-0.05, 0) is 37.5 Å². The van der Waals surface area contributed by atoms with Gasteiger partial charge in [-0.25, -0.2) is 0 Å². The van der Waals surface area contributed by atoms with Gasteiger partial charge in [-0.2, -0.15) is 5.10 Å². The normalized spacial score (nSPS) is 17.6. The average molecular weight is 301 g/mol. The van der Waals surface area contributed by atoms with Gasteiger partial charge in [0.15, 0.2) is 0 Å². The third-order valence-corrected chi connectivity index (χ3v) is 3.83. The minimum absolute atomic E-state index is 0.228. The van der Waals surface area contributed by atoms with Gasteiger partial charge >= 0.3 is 0 Å². The van der Waals surface area contributed by atoms with Gasteiger partial charge in [0.05, 0.1) is 18.0 Å². The molecule has 1 aromatic heterocycles. The van der Waals surface area contributed by atoms with E-state index in [9.17, 15) is 0 Å². The largest absolute Gasteiger partial charge is 0.489 e. The maximum absolute atomic E-state index is 5.99. The maximum atomic E-state index is 5.99. The minimum atomic E-state index is 0.228. The molecule has 1 saturated heterocycles. The second-order valence-corrected chi connectivity index (χ2v) is 5.82. The number of ether oxygens (including phenoxy) is 2. The quantitative estimate of drug-likeness (QED) is 0.891. The molecule has 118 valence electrons. The summed E-state index contributed by atoms with van der Waals surface area (Å²) in [6.07, 6.45) is 6.33. The molecule has 5 nitrogen and oxygen atoms in total. The Morgan fingerprint density at radius 1 is 1.45 bits per heavy atom. The maximum Gasteiger partial charge on any atom is 0.142 e. The van der Waals surface area contributed by atoms with E-state index in [4.69, 9.17) is 9.47 Å². The highest BCUT2D eigenvalue weighted by molar-refractivity contribution is 5.57. The first kappa shape index (κ1) is 14.9. The van der Waals surface area contributed by atoms with Crippen LogP contribution >= 0.6 is 0 Å². The first-order valence-electron chi connectivity index (χ1n) is 7.77. The van der Waals surface area contributed by atoms with Crippen molar-refractivity contribution in [3.05, 3.63) is 41.7 Å². The molecule has 3 rings (SSSR count). The van der Waals surface area contributed by atoms with Gasteiger partial charge < -0.3 is 14.8 Å². The Hall–Kier alpha value is -2.01. The van der Waals surface area contributed by atoms with Crippen LogP contribution in [0.15, 0.2) is 30.6 Å². The number of hydrogen-bond acceptors (Lipinski definition) is 4. The number of benzene rings is 1. The lowest BCUT2D eigenvalue weighted by atomic mass is 10.2. The summed E-state index contributed by atoms with van der Waals surface area (Å²) in [5, 5.41) is 7.61. The number of nitrogens with one attached hydrogen (secondary N) is 1. The molecule has 1 aliphatic rings. The van der Waals surface area contributed by atoms with Crippen molar-refractivity contribution in [2.75, 3.05) is 18.5 Å². The fraction of sp³-hybridized carbons (Fsp3) is 0.471. The monoisotopic (exact) mass is 301 g/mol. The smallest absolute Gasteiger partial charge is 0.142 e. The van der Waals surface area contributed by atoms with Crippen LogP contribution in [0, 0.1) is 6.92 Å². The molecule has 0 radical (unpaired) electrons. The van der Waals surface area contributed by atoms with Crippen molar-refractivity contribution in [3.8, 4) is 5.75 Å². The molecule has 1 N–H and O–H groups in total. The predicted octanol–water partition coefficient (Wildman–Crippen LogP) is 2.90. The first-order valence-corrected chi connectivity index (χ1v) is 7.77. The highest BCUT2D eigenvalue weighted by atomic mass is 16.5. The summed E-state index contributed by atoms with van der Waals surface area (Å²) in [5.41, 5.74) is 3.34. The fourth-order valence-electron chi connectivity index (χ4n) is 2.61. The van der Waals surface area contributed by atoms with Crippen LogP contribution in [-0.2, 0) is 18.3 Å². The van der Waals surface area contributed by atoms with Crippen molar-refractivity contribution in [3.63, 3.8) is 0 Å². The topological polar surface area (TPSA) is 48.3 Å². The van der Waals surface area contributed by atoms with E-state index < -0.39 is 0 Å². The van der Waals surface area contributed by atoms with Crippen molar-refractivity contribution in [1.82, 2.24) is 9.78 Å². The van der Waals surface area contributed by atoms with Gasteiger partial charge in [0.25, 0.3) is 0 Å². The van der Waals surface area contributed by atoms with E-state index >= 15 is 0 Å². The highest BCUT2D eigenvalue weighted by Crippen LogP contribution is 2.27. The lowest BCUT2D eigenvalue weighted by Gasteiger charge is -2.16. The van der Waals surface area contributed by atoms with Crippen molar-refractivity contribution in [2.24, 2.45) is 7.05 Å². The molecule has 2 heterocycles. The third kappa shape index (κ3) is 3.80. The number of aryl methyl sites for hydroxylation is 2. The van der Waals surface area contributed by atoms with E-state index in [1.807, 2.05) is 19.4 Å². The van der Waals surface area contributed by atoms with Crippen molar-refractivity contribution in [2.45, 2.75) is 32.4 Å². The van der Waals surface area contributed by atoms with Crippen LogP contribution in [0.2, 0.25) is 0 Å². The zero-order valence-corrected chi connectivity index (χ0v) is 13.2. The lowest BCUT2D eigenvalue weighted by Crippen LogP contribution is -2.17. The van der Waals surface area contributed by atoms with E-state index in [0.29, 0.717) is 6.61 Å². The molecule has 1 fully saturated rings. The van der Waals surface area contributed by atoms with Crippen LogP contribution in [0.1, 0.15) is 24.0 Å². The molecule has 0 saturated carbocycles. The summed E-state index contributed by atoms with van der Waals surface area (Å²) in [5.74, 6) is 0.888. The zero-order valence-electron chi connectivity index (χ0n) is 13.2. The number of aromatic nitrogens is 2. The molecule has 0 amide bonds. The summed E-state index contributed by atoms with van der Waals surface area (Å²) in [4.78, 5) is 0. The zero-order chi connectivity index (χ0) is 15.4. The SMILES string of the molecule is Cc1ccc(NCc2cnn(C)c2)c(OC[C@@H]2CCCO2)c1. The van der Waals surface area contributed by atoms with E-state index in [0.717, 1.165) is 43.0 Å². The van der Waals surface area contributed by atoms with Crippen LogP contribution in [0.25, 0.3) is 0 Å². The minimum Gasteiger partial charge on any atom is -0.489 e. The predicted molar refractivity (Wildman–Crippen MR) is 86.2 cm³/mol. The molecule has 1 aromatic carbocycles. The second-order valence-electron chi connectivity index (χ2n) is 5.82. The van der Waals surface area contributed by atoms with Crippen molar-refractivity contribution in [1.29, 1.82) is 0 Å². The lowest BCUT2D eigenvalue weighted by molar-refractivity contribution is 0.0682. The Labute approximate surface area is 131 Å². The highest BCUT2D eigenvalue weighted by Gasteiger charge is 2.16. The Bertz CT molecular complexity index is 618. The summed E-state index contributed by atoms with van der Waals surface area (Å²) < 4.78 is 13.4.